The lowest BCUT2D eigenvalue weighted by Crippen LogP contribution is -2.48. The van der Waals surface area contributed by atoms with Gasteiger partial charge in [0.25, 0.3) is 11.8 Å². The van der Waals surface area contributed by atoms with Crippen LogP contribution < -0.4 is 15.5 Å². The summed E-state index contributed by atoms with van der Waals surface area (Å²) in [6.45, 7) is 8.79. The van der Waals surface area contributed by atoms with Crippen LogP contribution in [0.3, 0.4) is 0 Å². The fraction of sp³-hybridized carbons (Fsp3) is 0.250. The molecule has 0 bridgehead atoms. The van der Waals surface area contributed by atoms with Crippen molar-refractivity contribution in [2.75, 3.05) is 36.4 Å². The molecule has 0 aromatic heterocycles. The lowest BCUT2D eigenvalue weighted by atomic mass is 10.1. The zero-order valence-electron chi connectivity index (χ0n) is 20.3. The lowest BCUT2D eigenvalue weighted by Gasteiger charge is -2.36. The van der Waals surface area contributed by atoms with E-state index < -0.39 is 0 Å². The fourth-order valence-electron chi connectivity index (χ4n) is 4.31. The number of carbonyl (C=O) groups is 2. The van der Waals surface area contributed by atoms with Crippen LogP contribution >= 0.6 is 12.2 Å². The van der Waals surface area contributed by atoms with Crippen molar-refractivity contribution in [3.8, 4) is 0 Å². The summed E-state index contributed by atoms with van der Waals surface area (Å²) in [7, 11) is 0. The van der Waals surface area contributed by atoms with Crippen LogP contribution in [0.25, 0.3) is 0 Å². The standard InChI is InChI=1S/C28H30N4O2S/c1-19-8-13-24(21(3)18-19)26(33)30-28(35)29-22-9-11-23(12-10-22)31-14-16-32(17-15-31)27(34)25-7-5-4-6-20(25)2/h4-13,18H,14-17H2,1-3H3,(H2,29,30,33,35). The molecule has 0 spiro atoms. The molecule has 1 heterocycles. The van der Waals surface area contributed by atoms with E-state index in [1.54, 1.807) is 0 Å². The highest BCUT2D eigenvalue weighted by Gasteiger charge is 2.23. The summed E-state index contributed by atoms with van der Waals surface area (Å²) in [6, 6.07) is 21.4. The summed E-state index contributed by atoms with van der Waals surface area (Å²) in [5, 5.41) is 6.08. The first kappa shape index (κ1) is 24.4. The maximum absolute atomic E-state index is 12.9. The predicted octanol–water partition coefficient (Wildman–Crippen LogP) is 4.70. The minimum atomic E-state index is -0.227. The van der Waals surface area contributed by atoms with E-state index in [1.165, 1.54) is 0 Å². The predicted molar refractivity (Wildman–Crippen MR) is 145 cm³/mol. The third-order valence-electron chi connectivity index (χ3n) is 6.29. The Morgan fingerprint density at radius 3 is 2.14 bits per heavy atom. The summed E-state index contributed by atoms with van der Waals surface area (Å²) >= 11 is 5.34. The Kier molecular flexibility index (Phi) is 7.46. The van der Waals surface area contributed by atoms with Crippen LogP contribution in [0.4, 0.5) is 11.4 Å². The number of benzene rings is 3. The van der Waals surface area contributed by atoms with Gasteiger partial charge in [-0.05, 0) is 80.5 Å². The maximum atomic E-state index is 12.9. The Labute approximate surface area is 211 Å². The summed E-state index contributed by atoms with van der Waals surface area (Å²) in [6.07, 6.45) is 0. The normalized spacial score (nSPS) is 13.3. The first-order valence-corrected chi connectivity index (χ1v) is 12.1. The van der Waals surface area contributed by atoms with Crippen molar-refractivity contribution in [1.29, 1.82) is 0 Å². The molecule has 35 heavy (non-hydrogen) atoms. The first-order chi connectivity index (χ1) is 16.8. The number of hydrogen-bond donors (Lipinski definition) is 2. The quantitative estimate of drug-likeness (QED) is 0.524. The van der Waals surface area contributed by atoms with Gasteiger partial charge in [-0.1, -0.05) is 35.9 Å². The van der Waals surface area contributed by atoms with Gasteiger partial charge in [0, 0.05) is 48.7 Å². The van der Waals surface area contributed by atoms with E-state index in [9.17, 15) is 9.59 Å². The van der Waals surface area contributed by atoms with Crippen molar-refractivity contribution < 1.29 is 9.59 Å². The Morgan fingerprint density at radius 1 is 0.800 bits per heavy atom. The number of nitrogens with zero attached hydrogens (tertiary/aromatic N) is 2. The van der Waals surface area contributed by atoms with E-state index in [4.69, 9.17) is 12.2 Å². The van der Waals surface area contributed by atoms with E-state index in [0.717, 1.165) is 46.7 Å². The zero-order valence-corrected chi connectivity index (χ0v) is 21.1. The molecule has 2 N–H and O–H groups in total. The van der Waals surface area contributed by atoms with Crippen molar-refractivity contribution >= 4 is 40.5 Å². The summed E-state index contributed by atoms with van der Waals surface area (Å²) in [5.41, 5.74) is 6.30. The molecule has 0 radical (unpaired) electrons. The van der Waals surface area contributed by atoms with Gasteiger partial charge in [-0.15, -0.1) is 0 Å². The molecule has 1 aliphatic heterocycles. The maximum Gasteiger partial charge on any atom is 0.257 e. The van der Waals surface area contributed by atoms with Gasteiger partial charge >= 0.3 is 0 Å². The van der Waals surface area contributed by atoms with E-state index in [0.29, 0.717) is 18.7 Å². The number of amides is 2. The minimum absolute atomic E-state index is 0.0960. The van der Waals surface area contributed by atoms with Crippen LogP contribution in [-0.2, 0) is 0 Å². The van der Waals surface area contributed by atoms with Gasteiger partial charge in [-0.2, -0.15) is 0 Å². The molecular formula is C28H30N4O2S. The van der Waals surface area contributed by atoms with Crippen LogP contribution in [0.1, 0.15) is 37.4 Å². The van der Waals surface area contributed by atoms with Crippen molar-refractivity contribution in [3.63, 3.8) is 0 Å². The van der Waals surface area contributed by atoms with Crippen molar-refractivity contribution in [3.05, 3.63) is 94.5 Å². The molecule has 0 aliphatic carbocycles. The minimum Gasteiger partial charge on any atom is -0.368 e. The Morgan fingerprint density at radius 2 is 1.49 bits per heavy atom. The summed E-state index contributed by atoms with van der Waals surface area (Å²) in [4.78, 5) is 29.6. The number of nitrogens with one attached hydrogen (secondary N) is 2. The molecule has 3 aromatic carbocycles. The average Bonchev–Trinajstić information content (AvgIpc) is 2.84. The van der Waals surface area contributed by atoms with E-state index >= 15 is 0 Å². The molecular weight excluding hydrogens is 456 g/mol. The number of aryl methyl sites for hydroxylation is 3. The van der Waals surface area contributed by atoms with Crippen LogP contribution in [0.15, 0.2) is 66.7 Å². The number of rotatable bonds is 4. The molecule has 3 aromatic rings. The Hall–Kier alpha value is -3.71. The number of piperazine rings is 1. The molecule has 2 amide bonds. The first-order valence-electron chi connectivity index (χ1n) is 11.7. The molecule has 0 saturated carbocycles. The summed E-state index contributed by atoms with van der Waals surface area (Å²) in [5.74, 6) is -0.131. The van der Waals surface area contributed by atoms with Gasteiger partial charge in [0.05, 0.1) is 0 Å². The van der Waals surface area contributed by atoms with E-state index in [-0.39, 0.29) is 16.9 Å². The highest BCUT2D eigenvalue weighted by molar-refractivity contribution is 7.80. The second-order valence-corrected chi connectivity index (χ2v) is 9.28. The van der Waals surface area contributed by atoms with Crippen LogP contribution in [0, 0.1) is 20.8 Å². The van der Waals surface area contributed by atoms with E-state index in [1.807, 2.05) is 92.4 Å². The molecule has 6 nitrogen and oxygen atoms in total. The van der Waals surface area contributed by atoms with Gasteiger partial charge in [0.2, 0.25) is 0 Å². The molecule has 7 heteroatoms. The second-order valence-electron chi connectivity index (χ2n) is 8.87. The molecule has 0 unspecified atom stereocenters. The third-order valence-corrected chi connectivity index (χ3v) is 6.49. The Bertz CT molecular complexity index is 1250. The average molecular weight is 487 g/mol. The van der Waals surface area contributed by atoms with Gasteiger partial charge in [0.15, 0.2) is 5.11 Å². The monoisotopic (exact) mass is 486 g/mol. The van der Waals surface area contributed by atoms with Crippen molar-refractivity contribution in [1.82, 2.24) is 10.2 Å². The van der Waals surface area contributed by atoms with Crippen LogP contribution in [-0.4, -0.2) is 48.0 Å². The topological polar surface area (TPSA) is 64.7 Å². The summed E-state index contributed by atoms with van der Waals surface area (Å²) < 4.78 is 0. The molecule has 1 aliphatic rings. The van der Waals surface area contributed by atoms with Crippen molar-refractivity contribution in [2.45, 2.75) is 20.8 Å². The molecule has 4 rings (SSSR count). The van der Waals surface area contributed by atoms with Crippen LogP contribution in [0.2, 0.25) is 0 Å². The highest BCUT2D eigenvalue weighted by Crippen LogP contribution is 2.21. The third kappa shape index (κ3) is 5.87. The lowest BCUT2D eigenvalue weighted by molar-refractivity contribution is 0.0746. The molecule has 1 saturated heterocycles. The number of anilines is 2. The van der Waals surface area contributed by atoms with Crippen molar-refractivity contribution in [2.24, 2.45) is 0 Å². The molecule has 0 atom stereocenters. The number of thiocarbonyl (C=S) groups is 1. The van der Waals surface area contributed by atoms with Gasteiger partial charge in [0.1, 0.15) is 0 Å². The number of hydrogen-bond acceptors (Lipinski definition) is 4. The number of carbonyl (C=O) groups excluding carboxylic acids is 2. The SMILES string of the molecule is Cc1ccc(C(=O)NC(=S)Nc2ccc(N3CCN(C(=O)c4ccccc4C)CC3)cc2)c(C)c1. The van der Waals surface area contributed by atoms with Gasteiger partial charge in [-0.25, -0.2) is 0 Å². The fourth-order valence-corrected chi connectivity index (χ4v) is 4.52. The largest absolute Gasteiger partial charge is 0.368 e. The van der Waals surface area contributed by atoms with E-state index in [2.05, 4.69) is 15.5 Å². The van der Waals surface area contributed by atoms with Crippen LogP contribution in [0.5, 0.6) is 0 Å². The highest BCUT2D eigenvalue weighted by atomic mass is 32.1. The van der Waals surface area contributed by atoms with Gasteiger partial charge < -0.3 is 15.1 Å². The zero-order chi connectivity index (χ0) is 24.9. The second kappa shape index (κ2) is 10.7. The molecule has 1 fully saturated rings. The Balaban J connectivity index is 1.30. The smallest absolute Gasteiger partial charge is 0.257 e. The molecule has 180 valence electrons. The van der Waals surface area contributed by atoms with Gasteiger partial charge in [-0.3, -0.25) is 14.9 Å².